The molecule has 0 spiro atoms. The lowest BCUT2D eigenvalue weighted by Crippen LogP contribution is -2.30. The molecule has 0 fully saturated rings. The van der Waals surface area contributed by atoms with Crippen LogP contribution in [0.5, 0.6) is 0 Å². The topological polar surface area (TPSA) is 78.9 Å². The minimum absolute atomic E-state index is 0.103. The van der Waals surface area contributed by atoms with Crippen LogP contribution in [0.2, 0.25) is 0 Å². The standard InChI is InChI=1S/C60H100O6/c1-4-7-10-13-16-19-22-25-28-30-32-35-38-41-44-47-50-53-59(62)65-56-57(55-64-58(61)52-49-46-43-40-37-34-27-24-21-18-15-12-9-6-3)66-60(63)54-51-48-45-42-39-36-33-31-29-26-23-20-17-14-11-8-5-2/h7,10,16-17,19-20,24-29,32,35,41,44,57H,4-6,8-9,11-15,18,21-23,30-31,33-34,36-40,42-43,45-56H2,1-3H3/b10-7+,19-16+,20-17+,27-24+,28-25+,29-26+,35-32+,44-41+/t57-/m1/s1. The van der Waals surface area contributed by atoms with Gasteiger partial charge >= 0.3 is 17.9 Å². The molecule has 0 amide bonds. The fourth-order valence-corrected chi connectivity index (χ4v) is 7.21. The fourth-order valence-electron chi connectivity index (χ4n) is 7.21. The second-order valence-electron chi connectivity index (χ2n) is 17.7. The quantitative estimate of drug-likeness (QED) is 0.0262. The zero-order chi connectivity index (χ0) is 47.9. The van der Waals surface area contributed by atoms with Gasteiger partial charge < -0.3 is 14.2 Å². The zero-order valence-corrected chi connectivity index (χ0v) is 42.9. The predicted molar refractivity (Wildman–Crippen MR) is 284 cm³/mol. The first-order valence-corrected chi connectivity index (χ1v) is 27.2. The van der Waals surface area contributed by atoms with Crippen LogP contribution in [-0.4, -0.2) is 37.2 Å². The third kappa shape index (κ3) is 51.3. The lowest BCUT2D eigenvalue weighted by Gasteiger charge is -2.18. The molecule has 0 aliphatic carbocycles. The van der Waals surface area contributed by atoms with Crippen LogP contribution >= 0.6 is 0 Å². The van der Waals surface area contributed by atoms with E-state index in [-0.39, 0.29) is 37.5 Å². The number of rotatable bonds is 48. The molecule has 0 aliphatic heterocycles. The SMILES string of the molecule is CC/C=C/C/C=C/C/C=C/C/C=C/C/C=C/CCCC(=O)OC[C@@H](COC(=O)CCCCCCC/C=C/CCCCCCC)OC(=O)CCCCCCCCC/C=C/C/C=C/CCCCC. The first kappa shape index (κ1) is 62.3. The number of esters is 3. The normalized spacial score (nSPS) is 12.8. The Balaban J connectivity index is 4.51. The molecule has 1 atom stereocenters. The van der Waals surface area contributed by atoms with Gasteiger partial charge in [0.05, 0.1) is 0 Å². The molecule has 0 aliphatic rings. The second kappa shape index (κ2) is 53.9. The average molecular weight is 917 g/mol. The average Bonchev–Trinajstić information content (AvgIpc) is 3.31. The van der Waals surface area contributed by atoms with Gasteiger partial charge in [0.2, 0.25) is 0 Å². The van der Waals surface area contributed by atoms with E-state index in [4.69, 9.17) is 14.2 Å². The molecule has 6 heteroatoms. The van der Waals surface area contributed by atoms with E-state index in [9.17, 15) is 14.4 Å². The number of unbranched alkanes of at least 4 members (excludes halogenated alkanes) is 21. The van der Waals surface area contributed by atoms with Crippen molar-refractivity contribution in [3.05, 3.63) is 97.2 Å². The highest BCUT2D eigenvalue weighted by molar-refractivity contribution is 5.71. The Hall–Kier alpha value is -3.67. The molecule has 0 N–H and O–H groups in total. The fraction of sp³-hybridized carbons (Fsp3) is 0.683. The molecule has 0 saturated heterocycles. The molecular weight excluding hydrogens is 817 g/mol. The van der Waals surface area contributed by atoms with Crippen molar-refractivity contribution in [1.29, 1.82) is 0 Å². The Morgan fingerprint density at radius 2 is 0.606 bits per heavy atom. The van der Waals surface area contributed by atoms with Gasteiger partial charge in [-0.1, -0.05) is 208 Å². The molecule has 0 heterocycles. The van der Waals surface area contributed by atoms with E-state index in [1.165, 1.54) is 96.3 Å². The van der Waals surface area contributed by atoms with Crippen molar-refractivity contribution in [3.63, 3.8) is 0 Å². The van der Waals surface area contributed by atoms with Crippen LogP contribution in [0.25, 0.3) is 0 Å². The van der Waals surface area contributed by atoms with Crippen molar-refractivity contribution in [1.82, 2.24) is 0 Å². The van der Waals surface area contributed by atoms with Crippen molar-refractivity contribution in [2.24, 2.45) is 0 Å². The molecule has 0 saturated carbocycles. The monoisotopic (exact) mass is 917 g/mol. The number of carbonyl (C=O) groups excluding carboxylic acids is 3. The van der Waals surface area contributed by atoms with Gasteiger partial charge in [-0.3, -0.25) is 14.4 Å². The summed E-state index contributed by atoms with van der Waals surface area (Å²) < 4.78 is 16.8. The van der Waals surface area contributed by atoms with Gasteiger partial charge in [-0.15, -0.1) is 0 Å². The highest BCUT2D eigenvalue weighted by atomic mass is 16.6. The first-order valence-electron chi connectivity index (χ1n) is 27.2. The van der Waals surface area contributed by atoms with Crippen LogP contribution in [0.1, 0.15) is 245 Å². The third-order valence-corrected chi connectivity index (χ3v) is 11.3. The van der Waals surface area contributed by atoms with Crippen molar-refractivity contribution in [2.45, 2.75) is 252 Å². The van der Waals surface area contributed by atoms with Crippen LogP contribution < -0.4 is 0 Å². The van der Waals surface area contributed by atoms with Gasteiger partial charge in [0, 0.05) is 19.3 Å². The lowest BCUT2D eigenvalue weighted by molar-refractivity contribution is -0.167. The van der Waals surface area contributed by atoms with Gasteiger partial charge in [0.25, 0.3) is 0 Å². The number of carbonyl (C=O) groups is 3. The van der Waals surface area contributed by atoms with Crippen LogP contribution in [0.3, 0.4) is 0 Å². The molecular formula is C60H100O6. The van der Waals surface area contributed by atoms with E-state index in [1.807, 2.05) is 0 Å². The largest absolute Gasteiger partial charge is 0.462 e. The van der Waals surface area contributed by atoms with Crippen LogP contribution in [-0.2, 0) is 28.6 Å². The van der Waals surface area contributed by atoms with Gasteiger partial charge in [-0.05, 0) is 116 Å². The highest BCUT2D eigenvalue weighted by Crippen LogP contribution is 2.14. The molecule has 0 radical (unpaired) electrons. The molecule has 376 valence electrons. The van der Waals surface area contributed by atoms with Gasteiger partial charge in [0.15, 0.2) is 6.10 Å². The predicted octanol–water partition coefficient (Wildman–Crippen LogP) is 18.1. The van der Waals surface area contributed by atoms with Gasteiger partial charge in [0.1, 0.15) is 13.2 Å². The lowest BCUT2D eigenvalue weighted by atomic mass is 10.1. The molecule has 0 rings (SSSR count). The molecule has 0 bridgehead atoms. The molecule has 0 aromatic rings. The Bertz CT molecular complexity index is 1330. The maximum absolute atomic E-state index is 12.8. The van der Waals surface area contributed by atoms with Crippen LogP contribution in [0.15, 0.2) is 97.2 Å². The van der Waals surface area contributed by atoms with E-state index in [2.05, 4.69) is 118 Å². The van der Waals surface area contributed by atoms with E-state index in [0.29, 0.717) is 19.3 Å². The van der Waals surface area contributed by atoms with Crippen LogP contribution in [0, 0.1) is 0 Å². The summed E-state index contributed by atoms with van der Waals surface area (Å²) in [5.74, 6) is -0.980. The summed E-state index contributed by atoms with van der Waals surface area (Å²) in [7, 11) is 0. The minimum Gasteiger partial charge on any atom is -0.462 e. The summed E-state index contributed by atoms with van der Waals surface area (Å²) in [6, 6.07) is 0. The van der Waals surface area contributed by atoms with Gasteiger partial charge in [-0.25, -0.2) is 0 Å². The summed E-state index contributed by atoms with van der Waals surface area (Å²) in [5, 5.41) is 0. The first-order chi connectivity index (χ1) is 32.5. The summed E-state index contributed by atoms with van der Waals surface area (Å²) in [4.78, 5) is 38.1. The van der Waals surface area contributed by atoms with E-state index >= 15 is 0 Å². The van der Waals surface area contributed by atoms with Crippen LogP contribution in [0.4, 0.5) is 0 Å². The van der Waals surface area contributed by atoms with Gasteiger partial charge in [-0.2, -0.15) is 0 Å². The number of hydrogen-bond donors (Lipinski definition) is 0. The zero-order valence-electron chi connectivity index (χ0n) is 42.9. The Morgan fingerprint density at radius 1 is 0.318 bits per heavy atom. The smallest absolute Gasteiger partial charge is 0.306 e. The van der Waals surface area contributed by atoms with Crippen molar-refractivity contribution in [2.75, 3.05) is 13.2 Å². The highest BCUT2D eigenvalue weighted by Gasteiger charge is 2.19. The van der Waals surface area contributed by atoms with Crippen molar-refractivity contribution < 1.29 is 28.6 Å². The maximum atomic E-state index is 12.8. The Morgan fingerprint density at radius 3 is 1.03 bits per heavy atom. The summed E-state index contributed by atoms with van der Waals surface area (Å²) in [5.41, 5.74) is 0. The van der Waals surface area contributed by atoms with E-state index in [1.54, 1.807) is 0 Å². The molecule has 0 unspecified atom stereocenters. The number of hydrogen-bond acceptors (Lipinski definition) is 6. The van der Waals surface area contributed by atoms with E-state index < -0.39 is 6.10 Å². The van der Waals surface area contributed by atoms with Crippen molar-refractivity contribution in [3.8, 4) is 0 Å². The third-order valence-electron chi connectivity index (χ3n) is 11.3. The summed E-state index contributed by atoms with van der Waals surface area (Å²) >= 11 is 0. The minimum atomic E-state index is -0.809. The summed E-state index contributed by atoms with van der Waals surface area (Å²) in [6.07, 6.45) is 71.1. The maximum Gasteiger partial charge on any atom is 0.306 e. The second-order valence-corrected chi connectivity index (χ2v) is 17.7. The Kier molecular flexibility index (Phi) is 50.9. The number of ether oxygens (including phenoxy) is 3. The van der Waals surface area contributed by atoms with E-state index in [0.717, 1.165) is 103 Å². The molecule has 6 nitrogen and oxygen atoms in total. The molecule has 66 heavy (non-hydrogen) atoms. The van der Waals surface area contributed by atoms with Crippen molar-refractivity contribution >= 4 is 17.9 Å². The number of allylic oxidation sites excluding steroid dienone is 16. The Labute approximate surface area is 407 Å². The molecule has 0 aromatic carbocycles. The summed E-state index contributed by atoms with van der Waals surface area (Å²) in [6.45, 7) is 6.43. The molecule has 0 aromatic heterocycles.